The number of rotatable bonds is 3. The Balaban J connectivity index is 2.96. The first-order chi connectivity index (χ1) is 8.09. The van der Waals surface area contributed by atoms with Gasteiger partial charge in [0, 0.05) is 0 Å². The maximum Gasteiger partial charge on any atom is 0.310 e. The summed E-state index contributed by atoms with van der Waals surface area (Å²) in [6, 6.07) is 6.12. The molecule has 0 aromatic heterocycles. The van der Waals surface area contributed by atoms with Crippen LogP contribution >= 0.6 is 0 Å². The smallest absolute Gasteiger partial charge is 0.310 e. The van der Waals surface area contributed by atoms with Crippen molar-refractivity contribution in [3.8, 4) is 0 Å². The summed E-state index contributed by atoms with van der Waals surface area (Å²) in [5.41, 5.74) is -0.262. The van der Waals surface area contributed by atoms with Crippen LogP contribution in [0, 0.1) is 0 Å². The van der Waals surface area contributed by atoms with E-state index in [0.717, 1.165) is 0 Å². The molecular weight excluding hydrogens is 254 g/mol. The summed E-state index contributed by atoms with van der Waals surface area (Å²) in [6.45, 7) is 5.24. The lowest BCUT2D eigenvalue weighted by Crippen LogP contribution is -2.25. The molecule has 0 atom stereocenters. The number of hydrogen-bond acceptors (Lipinski definition) is 4. The molecule has 0 heterocycles. The maximum absolute atomic E-state index is 11.6. The molecule has 1 rings (SSSR count). The van der Waals surface area contributed by atoms with Crippen LogP contribution in [0.3, 0.4) is 0 Å². The van der Waals surface area contributed by atoms with E-state index < -0.39 is 21.6 Å². The fraction of sp³-hybridized carbons (Fsp3) is 0.417. The van der Waals surface area contributed by atoms with Gasteiger partial charge in [0.1, 0.15) is 5.60 Å². The third-order valence-corrected chi connectivity index (χ3v) is 3.05. The lowest BCUT2D eigenvalue weighted by Gasteiger charge is -2.19. The average molecular weight is 271 g/mol. The van der Waals surface area contributed by atoms with Crippen LogP contribution in [0.2, 0.25) is 0 Å². The Bertz CT molecular complexity index is 543. The number of primary sulfonamides is 1. The van der Waals surface area contributed by atoms with E-state index in [1.165, 1.54) is 6.07 Å². The van der Waals surface area contributed by atoms with Crippen LogP contribution in [-0.2, 0) is 26.0 Å². The van der Waals surface area contributed by atoms with Crippen molar-refractivity contribution in [2.75, 3.05) is 0 Å². The molecule has 1 aromatic rings. The molecule has 0 amide bonds. The summed E-state index contributed by atoms with van der Waals surface area (Å²) < 4.78 is 27.8. The van der Waals surface area contributed by atoms with Gasteiger partial charge in [-0.1, -0.05) is 18.2 Å². The molecule has 0 aliphatic rings. The van der Waals surface area contributed by atoms with Crippen LogP contribution in [0.5, 0.6) is 0 Å². The Morgan fingerprint density at radius 2 is 1.83 bits per heavy atom. The quantitative estimate of drug-likeness (QED) is 0.837. The van der Waals surface area contributed by atoms with Crippen LogP contribution in [-0.4, -0.2) is 20.0 Å². The summed E-state index contributed by atoms with van der Waals surface area (Å²) in [5, 5.41) is 5.08. The van der Waals surface area contributed by atoms with Crippen molar-refractivity contribution in [1.29, 1.82) is 0 Å². The maximum atomic E-state index is 11.6. The van der Waals surface area contributed by atoms with E-state index in [0.29, 0.717) is 5.56 Å². The standard InChI is InChI=1S/C12H17NO4S/c1-12(2,3)17-11(14)8-9-6-4-5-7-10(9)18(13,15)16/h4-7H,8H2,1-3H3,(H2,13,15,16). The summed E-state index contributed by atoms with van der Waals surface area (Å²) in [6.07, 6.45) is -0.121. The molecule has 0 aliphatic heterocycles. The summed E-state index contributed by atoms with van der Waals surface area (Å²) in [5.74, 6) is -0.487. The second kappa shape index (κ2) is 5.07. The molecule has 2 N–H and O–H groups in total. The minimum Gasteiger partial charge on any atom is -0.460 e. The highest BCUT2D eigenvalue weighted by atomic mass is 32.2. The van der Waals surface area contributed by atoms with Gasteiger partial charge in [0.2, 0.25) is 10.0 Å². The van der Waals surface area contributed by atoms with Crippen molar-refractivity contribution >= 4 is 16.0 Å². The molecule has 0 spiro atoms. The number of carbonyl (C=O) groups excluding carboxylic acids is 1. The van der Waals surface area contributed by atoms with Gasteiger partial charge in [-0.25, -0.2) is 13.6 Å². The number of esters is 1. The van der Waals surface area contributed by atoms with E-state index in [2.05, 4.69) is 0 Å². The first kappa shape index (κ1) is 14.7. The zero-order valence-corrected chi connectivity index (χ0v) is 11.5. The van der Waals surface area contributed by atoms with Crippen molar-refractivity contribution in [2.24, 2.45) is 5.14 Å². The van der Waals surface area contributed by atoms with Crippen LogP contribution < -0.4 is 5.14 Å². The van der Waals surface area contributed by atoms with Crippen LogP contribution in [0.15, 0.2) is 29.2 Å². The van der Waals surface area contributed by atoms with Gasteiger partial charge < -0.3 is 4.74 Å². The number of nitrogens with two attached hydrogens (primary N) is 1. The second-order valence-electron chi connectivity index (χ2n) is 4.92. The highest BCUT2D eigenvalue weighted by Crippen LogP contribution is 2.16. The van der Waals surface area contributed by atoms with Gasteiger partial charge in [0.25, 0.3) is 0 Å². The van der Waals surface area contributed by atoms with Crippen molar-refractivity contribution < 1.29 is 17.9 Å². The predicted molar refractivity (Wildman–Crippen MR) is 67.4 cm³/mol. The van der Waals surface area contributed by atoms with E-state index in [1.54, 1.807) is 39.0 Å². The molecule has 0 unspecified atom stereocenters. The summed E-state index contributed by atoms with van der Waals surface area (Å²) in [4.78, 5) is 11.6. The third kappa shape index (κ3) is 4.46. The Kier molecular flexibility index (Phi) is 4.13. The van der Waals surface area contributed by atoms with Crippen molar-refractivity contribution in [2.45, 2.75) is 37.7 Å². The lowest BCUT2D eigenvalue weighted by atomic mass is 10.1. The van der Waals surface area contributed by atoms with E-state index >= 15 is 0 Å². The Morgan fingerprint density at radius 3 is 2.33 bits per heavy atom. The summed E-state index contributed by atoms with van der Waals surface area (Å²) in [7, 11) is -3.83. The molecule has 1 aromatic carbocycles. The second-order valence-corrected chi connectivity index (χ2v) is 6.45. The first-order valence-electron chi connectivity index (χ1n) is 5.42. The van der Waals surface area contributed by atoms with Gasteiger partial charge in [0.15, 0.2) is 0 Å². The van der Waals surface area contributed by atoms with E-state index in [1.807, 2.05) is 0 Å². The minimum absolute atomic E-state index is 0.0455. The average Bonchev–Trinajstić information content (AvgIpc) is 2.13. The zero-order valence-electron chi connectivity index (χ0n) is 10.6. The topological polar surface area (TPSA) is 86.5 Å². The number of sulfonamides is 1. The molecule has 6 heteroatoms. The van der Waals surface area contributed by atoms with Gasteiger partial charge in [-0.15, -0.1) is 0 Å². The van der Waals surface area contributed by atoms with Gasteiger partial charge in [-0.2, -0.15) is 0 Å². The predicted octanol–water partition coefficient (Wildman–Crippen LogP) is 1.22. The molecule has 0 saturated carbocycles. The zero-order chi connectivity index (χ0) is 14.0. The fourth-order valence-corrected chi connectivity index (χ4v) is 2.23. The van der Waals surface area contributed by atoms with E-state index in [-0.39, 0.29) is 11.3 Å². The van der Waals surface area contributed by atoms with Crippen molar-refractivity contribution in [3.63, 3.8) is 0 Å². The van der Waals surface area contributed by atoms with E-state index in [9.17, 15) is 13.2 Å². The number of ether oxygens (including phenoxy) is 1. The normalized spacial score (nSPS) is 12.2. The van der Waals surface area contributed by atoms with E-state index in [4.69, 9.17) is 9.88 Å². The number of hydrogen-bond donors (Lipinski definition) is 1. The third-order valence-electron chi connectivity index (χ3n) is 2.03. The Labute approximate surface area is 107 Å². The minimum atomic E-state index is -3.83. The monoisotopic (exact) mass is 271 g/mol. The molecule has 5 nitrogen and oxygen atoms in total. The number of benzene rings is 1. The van der Waals surface area contributed by atoms with Gasteiger partial charge in [0.05, 0.1) is 11.3 Å². The van der Waals surface area contributed by atoms with Crippen LogP contribution in [0.25, 0.3) is 0 Å². The van der Waals surface area contributed by atoms with Crippen LogP contribution in [0.4, 0.5) is 0 Å². The molecule has 0 bridgehead atoms. The number of carbonyl (C=O) groups is 1. The molecule has 0 aliphatic carbocycles. The van der Waals surface area contributed by atoms with Gasteiger partial charge in [-0.05, 0) is 32.4 Å². The fourth-order valence-electron chi connectivity index (χ4n) is 1.46. The molecule has 0 saturated heterocycles. The van der Waals surface area contributed by atoms with Gasteiger partial charge in [-0.3, -0.25) is 4.79 Å². The molecule has 0 radical (unpaired) electrons. The summed E-state index contributed by atoms with van der Waals surface area (Å²) >= 11 is 0. The molecule has 100 valence electrons. The Hall–Kier alpha value is -1.40. The lowest BCUT2D eigenvalue weighted by molar-refractivity contribution is -0.153. The van der Waals surface area contributed by atoms with Crippen LogP contribution in [0.1, 0.15) is 26.3 Å². The van der Waals surface area contributed by atoms with Crippen molar-refractivity contribution in [1.82, 2.24) is 0 Å². The Morgan fingerprint density at radius 1 is 1.28 bits per heavy atom. The highest BCUT2D eigenvalue weighted by Gasteiger charge is 2.20. The highest BCUT2D eigenvalue weighted by molar-refractivity contribution is 7.89. The largest absolute Gasteiger partial charge is 0.460 e. The molecule has 18 heavy (non-hydrogen) atoms. The van der Waals surface area contributed by atoms with Crippen molar-refractivity contribution in [3.05, 3.63) is 29.8 Å². The van der Waals surface area contributed by atoms with Gasteiger partial charge >= 0.3 is 5.97 Å². The molecular formula is C12H17NO4S. The molecule has 0 fully saturated rings. The SMILES string of the molecule is CC(C)(C)OC(=O)Cc1ccccc1S(N)(=O)=O. The first-order valence-corrected chi connectivity index (χ1v) is 6.97.